The number of rotatable bonds is 3. The van der Waals surface area contributed by atoms with Crippen molar-refractivity contribution >= 4 is 0 Å². The normalized spacial score (nSPS) is 36.4. The van der Waals surface area contributed by atoms with Crippen LogP contribution in [-0.4, -0.2) is 17.3 Å². The first-order valence-electron chi connectivity index (χ1n) is 6.53. The van der Waals surface area contributed by atoms with Crippen LogP contribution < -0.4 is 0 Å². The van der Waals surface area contributed by atoms with Gasteiger partial charge in [0.2, 0.25) is 0 Å². The second kappa shape index (κ2) is 4.29. The van der Waals surface area contributed by atoms with Gasteiger partial charge in [0.1, 0.15) is 5.82 Å². The molecule has 2 bridgehead atoms. The topological polar surface area (TPSA) is 42.2 Å². The molecule has 0 aliphatic carbocycles. The Labute approximate surface area is 111 Å². The zero-order chi connectivity index (χ0) is 13.5. The molecule has 2 fully saturated rings. The first-order valence-corrected chi connectivity index (χ1v) is 6.53. The summed E-state index contributed by atoms with van der Waals surface area (Å²) in [5.41, 5.74) is -0.546. The number of halogens is 1. The Hall–Kier alpha value is -1.44. The molecule has 4 heteroatoms. The molecule has 3 atom stereocenters. The van der Waals surface area contributed by atoms with E-state index in [9.17, 15) is 9.65 Å². The standard InChI is InChI=1S/C15H16FNO2/c1-14-6-7-15(10-17,19-14)8-13(14)18-9-11-4-2-3-5-12(11)16/h2-5,13H,6-9H2,1H3. The zero-order valence-electron chi connectivity index (χ0n) is 10.9. The second-order valence-corrected chi connectivity index (χ2v) is 5.62. The van der Waals surface area contributed by atoms with Gasteiger partial charge in [-0.2, -0.15) is 5.26 Å². The maximum atomic E-state index is 13.5. The smallest absolute Gasteiger partial charge is 0.157 e. The van der Waals surface area contributed by atoms with Crippen molar-refractivity contribution < 1.29 is 13.9 Å². The summed E-state index contributed by atoms with van der Waals surface area (Å²) in [6.07, 6.45) is 2.02. The lowest BCUT2D eigenvalue weighted by Gasteiger charge is -2.28. The molecule has 1 aromatic rings. The zero-order valence-corrected chi connectivity index (χ0v) is 10.9. The Kier molecular flexibility index (Phi) is 2.84. The van der Waals surface area contributed by atoms with Crippen LogP contribution in [0.15, 0.2) is 24.3 Å². The molecule has 0 N–H and O–H groups in total. The van der Waals surface area contributed by atoms with Crippen LogP contribution in [0.5, 0.6) is 0 Å². The van der Waals surface area contributed by atoms with Gasteiger partial charge in [-0.1, -0.05) is 18.2 Å². The molecule has 0 radical (unpaired) electrons. The van der Waals surface area contributed by atoms with E-state index >= 15 is 0 Å². The molecular formula is C15H16FNO2. The van der Waals surface area contributed by atoms with Crippen LogP contribution in [0, 0.1) is 17.1 Å². The molecule has 3 rings (SSSR count). The highest BCUT2D eigenvalue weighted by Crippen LogP contribution is 2.51. The van der Waals surface area contributed by atoms with Crippen LogP contribution in [0.25, 0.3) is 0 Å². The molecule has 1 aromatic carbocycles. The Balaban J connectivity index is 1.70. The summed E-state index contributed by atoms with van der Waals surface area (Å²) in [6, 6.07) is 8.84. The maximum Gasteiger partial charge on any atom is 0.157 e. The largest absolute Gasteiger partial charge is 0.370 e. The molecule has 0 amide bonds. The molecule has 2 aliphatic rings. The molecule has 3 nitrogen and oxygen atoms in total. The predicted octanol–water partition coefficient (Wildman–Crippen LogP) is 2.95. The highest BCUT2D eigenvalue weighted by atomic mass is 19.1. The second-order valence-electron chi connectivity index (χ2n) is 5.62. The van der Waals surface area contributed by atoms with E-state index < -0.39 is 11.2 Å². The van der Waals surface area contributed by atoms with Gasteiger partial charge in [-0.15, -0.1) is 0 Å². The quantitative estimate of drug-likeness (QED) is 0.840. The molecule has 0 saturated carbocycles. The first kappa shape index (κ1) is 12.6. The summed E-state index contributed by atoms with van der Waals surface area (Å²) >= 11 is 0. The Morgan fingerprint density at radius 1 is 1.47 bits per heavy atom. The summed E-state index contributed by atoms with van der Waals surface area (Å²) in [7, 11) is 0. The maximum absolute atomic E-state index is 13.5. The van der Waals surface area contributed by atoms with E-state index in [4.69, 9.17) is 9.47 Å². The average Bonchev–Trinajstić information content (AvgIpc) is 2.89. The van der Waals surface area contributed by atoms with Crippen molar-refractivity contribution in [2.45, 2.75) is 50.1 Å². The monoisotopic (exact) mass is 261 g/mol. The highest BCUT2D eigenvalue weighted by molar-refractivity contribution is 5.19. The summed E-state index contributed by atoms with van der Waals surface area (Å²) in [6.45, 7) is 2.20. The number of fused-ring (bicyclic) bond motifs is 2. The summed E-state index contributed by atoms with van der Waals surface area (Å²) in [4.78, 5) is 0. The number of hydrogen-bond donors (Lipinski definition) is 0. The van der Waals surface area contributed by atoms with Crippen LogP contribution in [0.2, 0.25) is 0 Å². The Morgan fingerprint density at radius 2 is 2.26 bits per heavy atom. The molecule has 100 valence electrons. The molecule has 19 heavy (non-hydrogen) atoms. The van der Waals surface area contributed by atoms with Crippen molar-refractivity contribution in [1.82, 2.24) is 0 Å². The van der Waals surface area contributed by atoms with Crippen LogP contribution in [0.1, 0.15) is 31.7 Å². The average molecular weight is 261 g/mol. The van der Waals surface area contributed by atoms with Crippen molar-refractivity contribution in [3.63, 3.8) is 0 Å². The molecule has 2 heterocycles. The predicted molar refractivity (Wildman–Crippen MR) is 66.7 cm³/mol. The Morgan fingerprint density at radius 3 is 2.95 bits per heavy atom. The molecular weight excluding hydrogens is 245 g/mol. The lowest BCUT2D eigenvalue weighted by atomic mass is 9.81. The SMILES string of the molecule is CC12CCC(C#N)(CC1OCc1ccccc1F)O2. The van der Waals surface area contributed by atoms with Crippen LogP contribution in [0.4, 0.5) is 4.39 Å². The first-order chi connectivity index (χ1) is 9.07. The number of nitriles is 1. The molecule has 3 unspecified atom stereocenters. The van der Waals surface area contributed by atoms with Gasteiger partial charge < -0.3 is 9.47 Å². The third-order valence-corrected chi connectivity index (χ3v) is 4.25. The fraction of sp³-hybridized carbons (Fsp3) is 0.533. The van der Waals surface area contributed by atoms with Crippen LogP contribution in [-0.2, 0) is 16.1 Å². The molecule has 2 saturated heterocycles. The van der Waals surface area contributed by atoms with E-state index in [2.05, 4.69) is 6.07 Å². The fourth-order valence-electron chi connectivity index (χ4n) is 3.05. The van der Waals surface area contributed by atoms with Crippen molar-refractivity contribution in [1.29, 1.82) is 5.26 Å². The number of ether oxygens (including phenoxy) is 2. The van der Waals surface area contributed by atoms with E-state index in [0.717, 1.165) is 12.8 Å². The van der Waals surface area contributed by atoms with E-state index in [0.29, 0.717) is 12.0 Å². The van der Waals surface area contributed by atoms with Crippen molar-refractivity contribution in [2.75, 3.05) is 0 Å². The van der Waals surface area contributed by atoms with E-state index in [1.807, 2.05) is 6.92 Å². The third-order valence-electron chi connectivity index (χ3n) is 4.25. The van der Waals surface area contributed by atoms with Crippen molar-refractivity contribution in [3.8, 4) is 6.07 Å². The number of hydrogen-bond acceptors (Lipinski definition) is 3. The van der Waals surface area contributed by atoms with Crippen molar-refractivity contribution in [3.05, 3.63) is 35.6 Å². The molecule has 0 aromatic heterocycles. The highest BCUT2D eigenvalue weighted by Gasteiger charge is 2.60. The van der Waals surface area contributed by atoms with E-state index in [1.165, 1.54) is 6.07 Å². The summed E-state index contributed by atoms with van der Waals surface area (Å²) in [5.74, 6) is -0.258. The van der Waals surface area contributed by atoms with Gasteiger partial charge in [-0.3, -0.25) is 0 Å². The van der Waals surface area contributed by atoms with Gasteiger partial charge in [-0.05, 0) is 25.8 Å². The number of nitrogens with zero attached hydrogens (tertiary/aromatic N) is 1. The molecule has 2 aliphatic heterocycles. The van der Waals surface area contributed by atoms with Gasteiger partial charge in [0.15, 0.2) is 5.60 Å². The van der Waals surface area contributed by atoms with Gasteiger partial charge in [0.05, 0.1) is 24.4 Å². The van der Waals surface area contributed by atoms with Gasteiger partial charge >= 0.3 is 0 Å². The lowest BCUT2D eigenvalue weighted by Crippen LogP contribution is -2.37. The summed E-state index contributed by atoms with van der Waals surface area (Å²) in [5, 5.41) is 9.21. The minimum Gasteiger partial charge on any atom is -0.370 e. The minimum atomic E-state index is -0.686. The third kappa shape index (κ3) is 2.03. The van der Waals surface area contributed by atoms with Gasteiger partial charge in [0, 0.05) is 12.0 Å². The lowest BCUT2D eigenvalue weighted by molar-refractivity contribution is -0.0775. The Bertz CT molecular complexity index is 541. The number of benzene rings is 1. The van der Waals surface area contributed by atoms with Crippen molar-refractivity contribution in [2.24, 2.45) is 0 Å². The van der Waals surface area contributed by atoms with Gasteiger partial charge in [0.25, 0.3) is 0 Å². The fourth-order valence-corrected chi connectivity index (χ4v) is 3.05. The summed E-state index contributed by atoms with van der Waals surface area (Å²) < 4.78 is 25.2. The van der Waals surface area contributed by atoms with Gasteiger partial charge in [-0.25, -0.2) is 4.39 Å². The van der Waals surface area contributed by atoms with E-state index in [1.54, 1.807) is 18.2 Å². The van der Waals surface area contributed by atoms with E-state index in [-0.39, 0.29) is 18.5 Å². The molecule has 0 spiro atoms. The van der Waals surface area contributed by atoms with Crippen LogP contribution >= 0.6 is 0 Å². The van der Waals surface area contributed by atoms with Crippen LogP contribution in [0.3, 0.4) is 0 Å². The minimum absolute atomic E-state index is 0.138.